The largest absolute Gasteiger partial charge is 0.481 e. The van der Waals surface area contributed by atoms with Crippen molar-refractivity contribution in [3.05, 3.63) is 35.9 Å². The van der Waals surface area contributed by atoms with E-state index in [1.165, 1.54) is 12.0 Å². The SMILES string of the molecule is CC(=O)O.CN(C)CC(c1ccccc1)C1(O)CCCCC1. The van der Waals surface area contributed by atoms with Crippen molar-refractivity contribution in [1.29, 1.82) is 0 Å². The highest BCUT2D eigenvalue weighted by molar-refractivity contribution is 5.62. The fourth-order valence-corrected chi connectivity index (χ4v) is 3.15. The molecule has 1 unspecified atom stereocenters. The van der Waals surface area contributed by atoms with Crippen molar-refractivity contribution in [2.75, 3.05) is 20.6 Å². The third-order valence-electron chi connectivity index (χ3n) is 4.12. The second kappa shape index (κ2) is 8.91. The molecule has 1 aliphatic carbocycles. The van der Waals surface area contributed by atoms with E-state index in [9.17, 15) is 5.11 Å². The average molecular weight is 307 g/mol. The summed E-state index contributed by atoms with van der Waals surface area (Å²) in [6.45, 7) is 2.00. The Morgan fingerprint density at radius 2 is 1.68 bits per heavy atom. The van der Waals surface area contributed by atoms with E-state index in [1.807, 2.05) is 6.07 Å². The Bertz CT molecular complexity index is 435. The molecule has 2 rings (SSSR count). The van der Waals surface area contributed by atoms with Gasteiger partial charge in [0, 0.05) is 19.4 Å². The maximum Gasteiger partial charge on any atom is 0.300 e. The summed E-state index contributed by atoms with van der Waals surface area (Å²) in [5, 5.41) is 18.4. The molecular weight excluding hydrogens is 278 g/mol. The Morgan fingerprint density at radius 1 is 1.18 bits per heavy atom. The van der Waals surface area contributed by atoms with Crippen molar-refractivity contribution in [1.82, 2.24) is 4.90 Å². The molecule has 0 aromatic heterocycles. The van der Waals surface area contributed by atoms with E-state index < -0.39 is 11.6 Å². The van der Waals surface area contributed by atoms with Gasteiger partial charge in [-0.3, -0.25) is 4.79 Å². The van der Waals surface area contributed by atoms with Crippen LogP contribution < -0.4 is 0 Å². The van der Waals surface area contributed by atoms with Gasteiger partial charge in [0.1, 0.15) is 0 Å². The van der Waals surface area contributed by atoms with Crippen LogP contribution in [0.2, 0.25) is 0 Å². The van der Waals surface area contributed by atoms with Gasteiger partial charge in [-0.1, -0.05) is 49.6 Å². The molecule has 1 aliphatic rings. The molecule has 1 saturated carbocycles. The minimum absolute atomic E-state index is 0.231. The van der Waals surface area contributed by atoms with Gasteiger partial charge in [0.15, 0.2) is 0 Å². The average Bonchev–Trinajstić information content (AvgIpc) is 2.45. The number of hydrogen-bond donors (Lipinski definition) is 2. The monoisotopic (exact) mass is 307 g/mol. The molecule has 22 heavy (non-hydrogen) atoms. The van der Waals surface area contributed by atoms with E-state index in [0.717, 1.165) is 39.2 Å². The van der Waals surface area contributed by atoms with Gasteiger partial charge in [0.05, 0.1) is 5.60 Å². The summed E-state index contributed by atoms with van der Waals surface area (Å²) >= 11 is 0. The first-order valence-corrected chi connectivity index (χ1v) is 7.97. The third kappa shape index (κ3) is 6.16. The molecule has 1 aromatic rings. The number of carboxylic acids is 1. The molecule has 1 atom stereocenters. The van der Waals surface area contributed by atoms with Crippen molar-refractivity contribution in [2.24, 2.45) is 0 Å². The van der Waals surface area contributed by atoms with E-state index in [4.69, 9.17) is 9.90 Å². The quantitative estimate of drug-likeness (QED) is 0.897. The molecule has 0 aliphatic heterocycles. The number of benzene rings is 1. The minimum atomic E-state index is -0.833. The Morgan fingerprint density at radius 3 is 2.14 bits per heavy atom. The predicted molar refractivity (Wildman–Crippen MR) is 89.1 cm³/mol. The van der Waals surface area contributed by atoms with Crippen LogP contribution in [-0.4, -0.2) is 47.3 Å². The number of likely N-dealkylation sites (N-methyl/N-ethyl adjacent to an activating group) is 1. The van der Waals surface area contributed by atoms with Crippen molar-refractivity contribution in [2.45, 2.75) is 50.5 Å². The summed E-state index contributed by atoms with van der Waals surface area (Å²) in [5.74, 6) is -0.603. The Hall–Kier alpha value is -1.39. The third-order valence-corrected chi connectivity index (χ3v) is 4.12. The number of hydrogen-bond acceptors (Lipinski definition) is 3. The number of aliphatic carboxylic acids is 1. The Balaban J connectivity index is 0.000000541. The molecule has 4 nitrogen and oxygen atoms in total. The summed E-state index contributed by atoms with van der Waals surface area (Å²) in [7, 11) is 4.17. The van der Waals surface area contributed by atoms with Crippen molar-refractivity contribution < 1.29 is 15.0 Å². The first-order chi connectivity index (χ1) is 10.3. The number of carbonyl (C=O) groups is 1. The van der Waals surface area contributed by atoms with Gasteiger partial charge in [0.2, 0.25) is 0 Å². The van der Waals surface area contributed by atoms with Gasteiger partial charge in [0.25, 0.3) is 5.97 Å². The molecule has 0 heterocycles. The zero-order valence-corrected chi connectivity index (χ0v) is 14.0. The minimum Gasteiger partial charge on any atom is -0.481 e. The summed E-state index contributed by atoms with van der Waals surface area (Å²) in [5.41, 5.74) is 0.764. The molecule has 0 bridgehead atoms. The Labute approximate surface area is 133 Å². The summed E-state index contributed by atoms with van der Waals surface area (Å²) < 4.78 is 0. The standard InChI is InChI=1S/C16H25NO.C2H4O2/c1-17(2)13-15(14-9-5-3-6-10-14)16(18)11-7-4-8-12-16;1-2(3)4/h3,5-6,9-10,15,18H,4,7-8,11-13H2,1-2H3;1H3,(H,3,4). The maximum absolute atomic E-state index is 11.0. The van der Waals surface area contributed by atoms with E-state index in [2.05, 4.69) is 43.3 Å². The normalized spacial score (nSPS) is 18.2. The number of carboxylic acid groups (broad SMARTS) is 1. The molecule has 2 N–H and O–H groups in total. The highest BCUT2D eigenvalue weighted by Crippen LogP contribution is 2.40. The number of nitrogens with zero attached hydrogens (tertiary/aromatic N) is 1. The highest BCUT2D eigenvalue weighted by Gasteiger charge is 2.38. The van der Waals surface area contributed by atoms with Crippen molar-refractivity contribution in [3.63, 3.8) is 0 Å². The van der Waals surface area contributed by atoms with E-state index in [0.29, 0.717) is 0 Å². The fourth-order valence-electron chi connectivity index (χ4n) is 3.15. The molecule has 0 amide bonds. The van der Waals surface area contributed by atoms with Crippen LogP contribution in [0.1, 0.15) is 50.5 Å². The van der Waals surface area contributed by atoms with Crippen LogP contribution in [0.4, 0.5) is 0 Å². The van der Waals surface area contributed by atoms with Crippen LogP contribution in [-0.2, 0) is 4.79 Å². The van der Waals surface area contributed by atoms with Gasteiger partial charge < -0.3 is 15.1 Å². The lowest BCUT2D eigenvalue weighted by atomic mass is 9.72. The van der Waals surface area contributed by atoms with Crippen molar-refractivity contribution in [3.8, 4) is 0 Å². The topological polar surface area (TPSA) is 60.8 Å². The van der Waals surface area contributed by atoms with Gasteiger partial charge in [-0.15, -0.1) is 0 Å². The molecule has 1 fully saturated rings. The number of aliphatic hydroxyl groups is 1. The van der Waals surface area contributed by atoms with E-state index in [-0.39, 0.29) is 5.92 Å². The molecule has 0 saturated heterocycles. The van der Waals surface area contributed by atoms with Crippen LogP contribution in [0, 0.1) is 0 Å². The molecule has 1 aromatic carbocycles. The second-order valence-electron chi connectivity index (χ2n) is 6.41. The smallest absolute Gasteiger partial charge is 0.300 e. The van der Waals surface area contributed by atoms with E-state index in [1.54, 1.807) is 0 Å². The van der Waals surface area contributed by atoms with Crippen LogP contribution >= 0.6 is 0 Å². The number of rotatable bonds is 4. The highest BCUT2D eigenvalue weighted by atomic mass is 16.4. The van der Waals surface area contributed by atoms with Gasteiger partial charge in [-0.25, -0.2) is 0 Å². The van der Waals surface area contributed by atoms with Crippen LogP contribution in [0.25, 0.3) is 0 Å². The van der Waals surface area contributed by atoms with Crippen LogP contribution in [0.15, 0.2) is 30.3 Å². The molecule has 0 radical (unpaired) electrons. The molecular formula is C18H29NO3. The zero-order chi connectivity index (χ0) is 16.6. The first-order valence-electron chi connectivity index (χ1n) is 7.97. The Kier molecular flexibility index (Phi) is 7.56. The maximum atomic E-state index is 11.0. The lowest BCUT2D eigenvalue weighted by molar-refractivity contribution is -0.134. The molecule has 124 valence electrons. The van der Waals surface area contributed by atoms with E-state index >= 15 is 0 Å². The van der Waals surface area contributed by atoms with Crippen LogP contribution in [0.3, 0.4) is 0 Å². The van der Waals surface area contributed by atoms with Gasteiger partial charge in [-0.2, -0.15) is 0 Å². The fraction of sp³-hybridized carbons (Fsp3) is 0.611. The summed E-state index contributed by atoms with van der Waals surface area (Å²) in [6.07, 6.45) is 5.48. The second-order valence-corrected chi connectivity index (χ2v) is 6.41. The lowest BCUT2D eigenvalue weighted by Gasteiger charge is -2.40. The summed E-state index contributed by atoms with van der Waals surface area (Å²) in [6, 6.07) is 10.5. The molecule has 4 heteroatoms. The zero-order valence-electron chi connectivity index (χ0n) is 14.0. The van der Waals surface area contributed by atoms with Crippen molar-refractivity contribution >= 4 is 5.97 Å². The van der Waals surface area contributed by atoms with Gasteiger partial charge >= 0.3 is 0 Å². The molecule has 0 spiro atoms. The van der Waals surface area contributed by atoms with Gasteiger partial charge in [-0.05, 0) is 32.5 Å². The summed E-state index contributed by atoms with van der Waals surface area (Å²) in [4.78, 5) is 11.2. The predicted octanol–water partition coefficient (Wildman–Crippen LogP) is 3.12. The first kappa shape index (κ1) is 18.7. The lowest BCUT2D eigenvalue weighted by Crippen LogP contribution is -2.42. The van der Waals surface area contributed by atoms with Crippen LogP contribution in [0.5, 0.6) is 0 Å².